The number of hydrogen-bond donors (Lipinski definition) is 2. The number of ether oxygens (including phenoxy) is 2. The fraction of sp³-hybridized carbons (Fsp3) is 0.250. The molecular weight excluding hydrogens is 483 g/mol. The molecule has 0 heterocycles. The fourth-order valence-corrected chi connectivity index (χ4v) is 2.96. The second-order valence-electron chi connectivity index (χ2n) is 6.15. The molecule has 0 unspecified atom stereocenters. The SMILES string of the molecule is COc1cc(OC)c(/C=N/NC(=O)CCC(=O)Nc2cccc(C(F)(F)F)c2)cc1Br. The van der Waals surface area contributed by atoms with Gasteiger partial charge in [0.2, 0.25) is 11.8 Å². The molecule has 0 aliphatic heterocycles. The quantitative estimate of drug-likeness (QED) is 0.415. The lowest BCUT2D eigenvalue weighted by atomic mass is 10.2. The Morgan fingerprint density at radius 2 is 1.74 bits per heavy atom. The van der Waals surface area contributed by atoms with E-state index in [1.54, 1.807) is 12.1 Å². The predicted molar refractivity (Wildman–Crippen MR) is 112 cm³/mol. The Morgan fingerprint density at radius 1 is 1.06 bits per heavy atom. The van der Waals surface area contributed by atoms with E-state index in [0.717, 1.165) is 12.1 Å². The maximum atomic E-state index is 12.7. The Kier molecular flexibility index (Phi) is 8.43. The molecule has 0 spiro atoms. The van der Waals surface area contributed by atoms with Crippen LogP contribution in [0.25, 0.3) is 0 Å². The summed E-state index contributed by atoms with van der Waals surface area (Å²) >= 11 is 3.34. The molecule has 2 N–H and O–H groups in total. The van der Waals surface area contributed by atoms with E-state index in [0.29, 0.717) is 21.5 Å². The molecule has 2 amide bonds. The first-order chi connectivity index (χ1) is 14.6. The lowest BCUT2D eigenvalue weighted by molar-refractivity contribution is -0.137. The minimum Gasteiger partial charge on any atom is -0.496 e. The van der Waals surface area contributed by atoms with Crippen LogP contribution in [0.1, 0.15) is 24.0 Å². The molecule has 0 aliphatic carbocycles. The molecule has 2 aromatic carbocycles. The van der Waals surface area contributed by atoms with E-state index in [2.05, 4.69) is 31.8 Å². The van der Waals surface area contributed by atoms with Crippen molar-refractivity contribution in [1.82, 2.24) is 5.43 Å². The topological polar surface area (TPSA) is 89.0 Å². The number of anilines is 1. The number of methoxy groups -OCH3 is 2. The summed E-state index contributed by atoms with van der Waals surface area (Å²) in [7, 11) is 2.98. The van der Waals surface area contributed by atoms with Crippen LogP contribution in [0.15, 0.2) is 46.0 Å². The summed E-state index contributed by atoms with van der Waals surface area (Å²) < 4.78 is 49.2. The number of hydrazone groups is 1. The molecule has 0 fully saturated rings. The third-order valence-corrected chi connectivity index (χ3v) is 4.57. The van der Waals surface area contributed by atoms with Gasteiger partial charge in [0.05, 0.1) is 30.5 Å². The zero-order valence-electron chi connectivity index (χ0n) is 16.5. The first-order valence-corrected chi connectivity index (χ1v) is 9.64. The van der Waals surface area contributed by atoms with Crippen molar-refractivity contribution in [1.29, 1.82) is 0 Å². The highest BCUT2D eigenvalue weighted by atomic mass is 79.9. The molecule has 166 valence electrons. The summed E-state index contributed by atoms with van der Waals surface area (Å²) in [6.45, 7) is 0. The maximum Gasteiger partial charge on any atom is 0.416 e. The van der Waals surface area contributed by atoms with Crippen LogP contribution in [0.3, 0.4) is 0 Å². The molecule has 0 aliphatic rings. The Hall–Kier alpha value is -3.08. The highest BCUT2D eigenvalue weighted by Crippen LogP contribution is 2.32. The van der Waals surface area contributed by atoms with Crippen molar-refractivity contribution < 1.29 is 32.2 Å². The summed E-state index contributed by atoms with van der Waals surface area (Å²) in [6.07, 6.45) is -3.58. The van der Waals surface area contributed by atoms with Crippen LogP contribution in [0.4, 0.5) is 18.9 Å². The minimum absolute atomic E-state index is 0.00423. The van der Waals surface area contributed by atoms with Crippen LogP contribution in [-0.2, 0) is 15.8 Å². The van der Waals surface area contributed by atoms with E-state index in [4.69, 9.17) is 9.47 Å². The van der Waals surface area contributed by atoms with E-state index >= 15 is 0 Å². The molecule has 11 heteroatoms. The molecule has 0 aromatic heterocycles. The third-order valence-electron chi connectivity index (χ3n) is 3.95. The molecular formula is C20H19BrF3N3O4. The number of rotatable bonds is 8. The molecule has 0 bridgehead atoms. The second kappa shape index (κ2) is 10.8. The average molecular weight is 502 g/mol. The predicted octanol–water partition coefficient (Wildman–Crippen LogP) is 4.35. The van der Waals surface area contributed by atoms with Crippen molar-refractivity contribution >= 4 is 39.6 Å². The Morgan fingerprint density at radius 3 is 2.39 bits per heavy atom. The van der Waals surface area contributed by atoms with Gasteiger partial charge in [-0.1, -0.05) is 6.07 Å². The summed E-state index contributed by atoms with van der Waals surface area (Å²) in [5, 5.41) is 6.16. The zero-order chi connectivity index (χ0) is 23.0. The van der Waals surface area contributed by atoms with Crippen LogP contribution < -0.4 is 20.2 Å². The first-order valence-electron chi connectivity index (χ1n) is 8.84. The van der Waals surface area contributed by atoms with Crippen LogP contribution in [0, 0.1) is 0 Å². The van der Waals surface area contributed by atoms with Crippen molar-refractivity contribution in [2.24, 2.45) is 5.10 Å². The number of hydrogen-bond acceptors (Lipinski definition) is 5. The monoisotopic (exact) mass is 501 g/mol. The van der Waals surface area contributed by atoms with Crippen molar-refractivity contribution in [3.63, 3.8) is 0 Å². The minimum atomic E-state index is -4.51. The van der Waals surface area contributed by atoms with Gasteiger partial charge in [0.25, 0.3) is 0 Å². The second-order valence-corrected chi connectivity index (χ2v) is 7.00. The van der Waals surface area contributed by atoms with Gasteiger partial charge in [-0.15, -0.1) is 0 Å². The number of nitrogens with one attached hydrogen (secondary N) is 2. The van der Waals surface area contributed by atoms with E-state index in [1.165, 1.54) is 32.6 Å². The van der Waals surface area contributed by atoms with Crippen LogP contribution >= 0.6 is 15.9 Å². The zero-order valence-corrected chi connectivity index (χ0v) is 18.1. The highest BCUT2D eigenvalue weighted by molar-refractivity contribution is 9.10. The smallest absolute Gasteiger partial charge is 0.416 e. The van der Waals surface area contributed by atoms with E-state index in [1.807, 2.05) is 0 Å². The molecule has 2 aromatic rings. The van der Waals surface area contributed by atoms with Gasteiger partial charge in [0.1, 0.15) is 11.5 Å². The van der Waals surface area contributed by atoms with E-state index in [-0.39, 0.29) is 18.5 Å². The van der Waals surface area contributed by atoms with Gasteiger partial charge in [-0.05, 0) is 40.2 Å². The van der Waals surface area contributed by atoms with Gasteiger partial charge in [-0.25, -0.2) is 5.43 Å². The Balaban J connectivity index is 1.87. The maximum absolute atomic E-state index is 12.7. The van der Waals surface area contributed by atoms with Crippen LogP contribution in [-0.4, -0.2) is 32.2 Å². The molecule has 0 saturated heterocycles. The molecule has 31 heavy (non-hydrogen) atoms. The van der Waals surface area contributed by atoms with Gasteiger partial charge >= 0.3 is 6.18 Å². The van der Waals surface area contributed by atoms with Crippen LogP contribution in [0.2, 0.25) is 0 Å². The number of halogens is 4. The van der Waals surface area contributed by atoms with Gasteiger partial charge in [0, 0.05) is 30.2 Å². The number of benzene rings is 2. The third kappa shape index (κ3) is 7.28. The van der Waals surface area contributed by atoms with E-state index < -0.39 is 23.6 Å². The molecule has 0 saturated carbocycles. The standard InChI is InChI=1S/C20H19BrF3N3O4/c1-30-16-10-17(31-2)15(21)8-12(16)11-25-27-19(29)7-6-18(28)26-14-5-3-4-13(9-14)20(22,23)24/h3-5,8-11H,6-7H2,1-2H3,(H,26,28)(H,27,29)/b25-11+. The van der Waals surface area contributed by atoms with Gasteiger partial charge in [-0.3, -0.25) is 9.59 Å². The molecule has 7 nitrogen and oxygen atoms in total. The average Bonchev–Trinajstić information content (AvgIpc) is 2.72. The number of alkyl halides is 3. The summed E-state index contributed by atoms with van der Waals surface area (Å²) in [5.74, 6) is -0.107. The molecule has 0 radical (unpaired) electrons. The van der Waals surface area contributed by atoms with Gasteiger partial charge in [-0.2, -0.15) is 18.3 Å². The lowest BCUT2D eigenvalue weighted by Crippen LogP contribution is -2.20. The largest absolute Gasteiger partial charge is 0.496 e. The normalized spacial score (nSPS) is 11.3. The van der Waals surface area contributed by atoms with Crippen molar-refractivity contribution in [2.45, 2.75) is 19.0 Å². The summed E-state index contributed by atoms with van der Waals surface area (Å²) in [4.78, 5) is 23.8. The Labute approximate surface area is 184 Å². The van der Waals surface area contributed by atoms with Crippen LogP contribution in [0.5, 0.6) is 11.5 Å². The number of nitrogens with zero attached hydrogens (tertiary/aromatic N) is 1. The van der Waals surface area contributed by atoms with Gasteiger partial charge < -0.3 is 14.8 Å². The van der Waals surface area contributed by atoms with Crippen molar-refractivity contribution in [2.75, 3.05) is 19.5 Å². The fourth-order valence-electron chi connectivity index (χ4n) is 2.44. The molecule has 0 atom stereocenters. The van der Waals surface area contributed by atoms with Gasteiger partial charge in [0.15, 0.2) is 0 Å². The number of carbonyl (C=O) groups is 2. The van der Waals surface area contributed by atoms with Crippen molar-refractivity contribution in [3.8, 4) is 11.5 Å². The summed E-state index contributed by atoms with van der Waals surface area (Å²) in [5.41, 5.74) is 1.96. The summed E-state index contributed by atoms with van der Waals surface area (Å²) in [6, 6.07) is 7.57. The molecule has 2 rings (SSSR count). The number of carbonyl (C=O) groups excluding carboxylic acids is 2. The Bertz CT molecular complexity index is 981. The van der Waals surface area contributed by atoms with Crippen molar-refractivity contribution in [3.05, 3.63) is 52.0 Å². The highest BCUT2D eigenvalue weighted by Gasteiger charge is 2.30. The first kappa shape index (κ1) is 24.2. The number of amides is 2. The lowest BCUT2D eigenvalue weighted by Gasteiger charge is -2.10. The van der Waals surface area contributed by atoms with E-state index in [9.17, 15) is 22.8 Å².